The van der Waals surface area contributed by atoms with Gasteiger partial charge in [0.2, 0.25) is 21.8 Å². The molecular weight excluding hydrogens is 526 g/mol. The highest BCUT2D eigenvalue weighted by molar-refractivity contribution is 7.92. The van der Waals surface area contributed by atoms with Gasteiger partial charge < -0.3 is 15.0 Å². The summed E-state index contributed by atoms with van der Waals surface area (Å²) in [6.07, 6.45) is 1.87. The third kappa shape index (κ3) is 8.58. The van der Waals surface area contributed by atoms with Crippen molar-refractivity contribution in [2.45, 2.75) is 45.7 Å². The zero-order chi connectivity index (χ0) is 29.3. The van der Waals surface area contributed by atoms with E-state index in [0.717, 1.165) is 22.3 Å². The molecule has 0 spiro atoms. The molecule has 0 radical (unpaired) electrons. The molecule has 3 aromatic rings. The van der Waals surface area contributed by atoms with Gasteiger partial charge in [-0.15, -0.1) is 0 Å². The lowest BCUT2D eigenvalue weighted by atomic mass is 10.0. The minimum absolute atomic E-state index is 0.0725. The smallest absolute Gasteiger partial charge is 0.242 e. The Morgan fingerprint density at radius 2 is 1.57 bits per heavy atom. The standard InChI is InChI=1S/C31H39N3O5S/c1-23-17-24(2)19-27(18-23)34(40(5,37)38)16-10-15-30(35)33(22-26-13-9-14-28(20-26)39-4)29(31(36)32-3)21-25-11-7-6-8-12-25/h6-9,11-14,17-20,29H,10,15-16,21-22H2,1-5H3,(H,32,36). The largest absolute Gasteiger partial charge is 0.497 e. The third-order valence-electron chi connectivity index (χ3n) is 6.65. The van der Waals surface area contributed by atoms with Crippen molar-refractivity contribution in [3.8, 4) is 5.75 Å². The summed E-state index contributed by atoms with van der Waals surface area (Å²) in [5.41, 5.74) is 4.24. The van der Waals surface area contributed by atoms with Gasteiger partial charge in [0.25, 0.3) is 0 Å². The number of carbonyl (C=O) groups is 2. The van der Waals surface area contributed by atoms with E-state index in [0.29, 0.717) is 24.3 Å². The van der Waals surface area contributed by atoms with Crippen LogP contribution in [0.25, 0.3) is 0 Å². The molecule has 3 rings (SSSR count). The van der Waals surface area contributed by atoms with Crippen molar-refractivity contribution in [2.24, 2.45) is 0 Å². The van der Waals surface area contributed by atoms with Crippen LogP contribution in [0, 0.1) is 13.8 Å². The molecule has 1 atom stereocenters. The predicted molar refractivity (Wildman–Crippen MR) is 159 cm³/mol. The lowest BCUT2D eigenvalue weighted by Crippen LogP contribution is -2.49. The van der Waals surface area contributed by atoms with Gasteiger partial charge in [-0.05, 0) is 66.8 Å². The van der Waals surface area contributed by atoms with Crippen LogP contribution in [0.15, 0.2) is 72.8 Å². The molecule has 0 bridgehead atoms. The van der Waals surface area contributed by atoms with Crippen LogP contribution in [0.5, 0.6) is 5.75 Å². The van der Waals surface area contributed by atoms with Gasteiger partial charge in [0.1, 0.15) is 11.8 Å². The normalized spacial score (nSPS) is 11.9. The Labute approximate surface area is 238 Å². The quantitative estimate of drug-likeness (QED) is 0.334. The van der Waals surface area contributed by atoms with Crippen molar-refractivity contribution in [1.29, 1.82) is 0 Å². The molecular formula is C31H39N3O5S. The average Bonchev–Trinajstić information content (AvgIpc) is 2.91. The number of amides is 2. The van der Waals surface area contributed by atoms with E-state index in [1.807, 2.05) is 86.6 Å². The van der Waals surface area contributed by atoms with E-state index in [-0.39, 0.29) is 31.3 Å². The second kappa shape index (κ2) is 14.0. The summed E-state index contributed by atoms with van der Waals surface area (Å²) in [5.74, 6) is 0.149. The van der Waals surface area contributed by atoms with Crippen molar-refractivity contribution in [3.63, 3.8) is 0 Å². The Balaban J connectivity index is 1.87. The summed E-state index contributed by atoms with van der Waals surface area (Å²) in [5, 5.41) is 2.71. The topological polar surface area (TPSA) is 96.0 Å². The van der Waals surface area contributed by atoms with Crippen LogP contribution in [0.4, 0.5) is 5.69 Å². The lowest BCUT2D eigenvalue weighted by molar-refractivity contribution is -0.141. The maximum absolute atomic E-state index is 13.8. The van der Waals surface area contributed by atoms with Crippen LogP contribution in [0.2, 0.25) is 0 Å². The summed E-state index contributed by atoms with van der Waals surface area (Å²) < 4.78 is 32.0. The first-order chi connectivity index (χ1) is 19.0. The van der Waals surface area contributed by atoms with Gasteiger partial charge in [-0.3, -0.25) is 13.9 Å². The predicted octanol–water partition coefficient (Wildman–Crippen LogP) is 4.24. The minimum atomic E-state index is -3.57. The number of hydrogen-bond acceptors (Lipinski definition) is 5. The van der Waals surface area contributed by atoms with E-state index in [4.69, 9.17) is 4.74 Å². The van der Waals surface area contributed by atoms with Crippen LogP contribution >= 0.6 is 0 Å². The maximum atomic E-state index is 13.8. The van der Waals surface area contributed by atoms with Gasteiger partial charge in [0.05, 0.1) is 19.1 Å². The number of sulfonamides is 1. The number of methoxy groups -OCH3 is 1. The minimum Gasteiger partial charge on any atom is -0.497 e. The van der Waals surface area contributed by atoms with Crippen molar-refractivity contribution < 1.29 is 22.7 Å². The molecule has 0 aliphatic heterocycles. The second-order valence-corrected chi connectivity index (χ2v) is 11.9. The molecule has 0 aliphatic rings. The second-order valence-electron chi connectivity index (χ2n) is 9.98. The molecule has 40 heavy (non-hydrogen) atoms. The number of rotatable bonds is 13. The average molecular weight is 566 g/mol. The molecule has 214 valence electrons. The Bertz CT molecular complexity index is 1390. The molecule has 0 aromatic heterocycles. The Hall–Kier alpha value is -3.85. The fourth-order valence-electron chi connectivity index (χ4n) is 4.79. The van der Waals surface area contributed by atoms with E-state index in [1.54, 1.807) is 19.1 Å². The van der Waals surface area contributed by atoms with Crippen molar-refractivity contribution >= 4 is 27.5 Å². The number of nitrogens with zero attached hydrogens (tertiary/aromatic N) is 2. The van der Waals surface area contributed by atoms with Crippen LogP contribution < -0.4 is 14.4 Å². The molecule has 1 N–H and O–H groups in total. The van der Waals surface area contributed by atoms with Crippen molar-refractivity contribution in [2.75, 3.05) is 31.3 Å². The number of aryl methyl sites for hydroxylation is 2. The summed E-state index contributed by atoms with van der Waals surface area (Å²) in [6.45, 7) is 4.18. The zero-order valence-electron chi connectivity index (χ0n) is 23.9. The fourth-order valence-corrected chi connectivity index (χ4v) is 5.74. The Morgan fingerprint density at radius 3 is 2.17 bits per heavy atom. The number of anilines is 1. The number of carbonyl (C=O) groups excluding carboxylic acids is 2. The highest BCUT2D eigenvalue weighted by Crippen LogP contribution is 2.23. The monoisotopic (exact) mass is 565 g/mol. The Kier molecular flexibility index (Phi) is 10.7. The number of likely N-dealkylation sites (N-methyl/N-ethyl adjacent to an activating group) is 1. The van der Waals surface area contributed by atoms with Crippen LogP contribution in [-0.2, 0) is 32.6 Å². The fraction of sp³-hybridized carbons (Fsp3) is 0.355. The molecule has 1 unspecified atom stereocenters. The van der Waals surface area contributed by atoms with E-state index in [1.165, 1.54) is 10.6 Å². The summed E-state index contributed by atoms with van der Waals surface area (Å²) in [4.78, 5) is 28.5. The van der Waals surface area contributed by atoms with E-state index >= 15 is 0 Å². The highest BCUT2D eigenvalue weighted by Gasteiger charge is 2.30. The van der Waals surface area contributed by atoms with Crippen molar-refractivity contribution in [1.82, 2.24) is 10.2 Å². The van der Waals surface area contributed by atoms with Gasteiger partial charge in [0.15, 0.2) is 0 Å². The van der Waals surface area contributed by atoms with Crippen LogP contribution in [0.1, 0.15) is 35.1 Å². The summed E-state index contributed by atoms with van der Waals surface area (Å²) in [7, 11) is -0.435. The number of hydrogen-bond donors (Lipinski definition) is 1. The van der Waals surface area contributed by atoms with Gasteiger partial charge in [0, 0.05) is 33.0 Å². The number of benzene rings is 3. The molecule has 9 heteroatoms. The molecule has 3 aromatic carbocycles. The zero-order valence-corrected chi connectivity index (χ0v) is 24.7. The maximum Gasteiger partial charge on any atom is 0.242 e. The van der Waals surface area contributed by atoms with Gasteiger partial charge in [-0.1, -0.05) is 48.5 Å². The van der Waals surface area contributed by atoms with Crippen LogP contribution in [-0.4, -0.2) is 58.1 Å². The first-order valence-electron chi connectivity index (χ1n) is 13.3. The van der Waals surface area contributed by atoms with E-state index in [9.17, 15) is 18.0 Å². The summed E-state index contributed by atoms with van der Waals surface area (Å²) in [6, 6.07) is 21.8. The summed E-state index contributed by atoms with van der Waals surface area (Å²) >= 11 is 0. The van der Waals surface area contributed by atoms with Crippen LogP contribution in [0.3, 0.4) is 0 Å². The molecule has 0 heterocycles. The lowest BCUT2D eigenvalue weighted by Gasteiger charge is -2.31. The first kappa shape index (κ1) is 30.7. The van der Waals surface area contributed by atoms with Gasteiger partial charge in [-0.2, -0.15) is 0 Å². The number of ether oxygens (including phenoxy) is 1. The van der Waals surface area contributed by atoms with Crippen molar-refractivity contribution in [3.05, 3.63) is 95.1 Å². The van der Waals surface area contributed by atoms with E-state index < -0.39 is 16.1 Å². The molecule has 0 saturated carbocycles. The van der Waals surface area contributed by atoms with Gasteiger partial charge >= 0.3 is 0 Å². The first-order valence-corrected chi connectivity index (χ1v) is 15.1. The SMILES string of the molecule is CNC(=O)C(Cc1ccccc1)N(Cc1cccc(OC)c1)C(=O)CCCN(c1cc(C)cc(C)c1)S(C)(=O)=O. The number of nitrogens with one attached hydrogen (secondary N) is 1. The molecule has 0 saturated heterocycles. The van der Waals surface area contributed by atoms with Gasteiger partial charge in [-0.25, -0.2) is 8.42 Å². The third-order valence-corrected chi connectivity index (χ3v) is 7.85. The molecule has 2 amide bonds. The molecule has 8 nitrogen and oxygen atoms in total. The molecule has 0 aliphatic carbocycles. The highest BCUT2D eigenvalue weighted by atomic mass is 32.2. The Morgan fingerprint density at radius 1 is 0.925 bits per heavy atom. The van der Waals surface area contributed by atoms with E-state index in [2.05, 4.69) is 5.32 Å². The molecule has 0 fully saturated rings.